The molecule has 0 spiro atoms. The van der Waals surface area contributed by atoms with E-state index in [-0.39, 0.29) is 5.56 Å². The van der Waals surface area contributed by atoms with Gasteiger partial charge in [-0.25, -0.2) is 4.39 Å². The standard InChI is InChI=1S/C20H25FN2O2/c1-4-23(5-2)14-16-9-7-6-8-15(16)13-22-20(24)18-11-10-17(25-3)12-19(18)21/h6-12H,4-5,13-14H2,1-3H3,(H,22,24). The second-order valence-electron chi connectivity index (χ2n) is 5.76. The summed E-state index contributed by atoms with van der Waals surface area (Å²) in [6.45, 7) is 7.38. The molecular formula is C20H25FN2O2. The maximum absolute atomic E-state index is 14.0. The number of amides is 1. The molecule has 1 amide bonds. The Morgan fingerprint density at radius 3 is 2.40 bits per heavy atom. The van der Waals surface area contributed by atoms with E-state index in [4.69, 9.17) is 4.74 Å². The Balaban J connectivity index is 2.07. The first-order valence-corrected chi connectivity index (χ1v) is 8.49. The number of halogens is 1. The van der Waals surface area contributed by atoms with Crippen LogP contribution in [-0.4, -0.2) is 31.0 Å². The van der Waals surface area contributed by atoms with Crippen LogP contribution in [0.15, 0.2) is 42.5 Å². The third-order valence-electron chi connectivity index (χ3n) is 4.27. The van der Waals surface area contributed by atoms with Gasteiger partial charge in [0.1, 0.15) is 11.6 Å². The number of methoxy groups -OCH3 is 1. The molecule has 134 valence electrons. The number of nitrogens with zero attached hydrogens (tertiary/aromatic N) is 1. The molecule has 0 aliphatic rings. The fourth-order valence-corrected chi connectivity index (χ4v) is 2.65. The molecule has 0 aromatic heterocycles. The Morgan fingerprint density at radius 2 is 1.80 bits per heavy atom. The minimum absolute atomic E-state index is 0.0158. The van der Waals surface area contributed by atoms with E-state index < -0.39 is 11.7 Å². The molecule has 0 fully saturated rings. The van der Waals surface area contributed by atoms with Crippen molar-refractivity contribution in [2.75, 3.05) is 20.2 Å². The van der Waals surface area contributed by atoms with Crippen LogP contribution in [-0.2, 0) is 13.1 Å². The number of hydrogen-bond acceptors (Lipinski definition) is 3. The van der Waals surface area contributed by atoms with Gasteiger partial charge in [-0.2, -0.15) is 0 Å². The van der Waals surface area contributed by atoms with Crippen LogP contribution in [0.25, 0.3) is 0 Å². The Hall–Kier alpha value is -2.40. The van der Waals surface area contributed by atoms with Crippen molar-refractivity contribution < 1.29 is 13.9 Å². The molecule has 5 heteroatoms. The molecule has 0 atom stereocenters. The van der Waals surface area contributed by atoms with E-state index in [9.17, 15) is 9.18 Å². The summed E-state index contributed by atoms with van der Waals surface area (Å²) in [7, 11) is 1.46. The number of benzene rings is 2. The van der Waals surface area contributed by atoms with E-state index in [1.165, 1.54) is 24.8 Å². The highest BCUT2D eigenvalue weighted by atomic mass is 19.1. The number of carbonyl (C=O) groups excluding carboxylic acids is 1. The summed E-state index contributed by atoms with van der Waals surface area (Å²) in [6.07, 6.45) is 0. The molecule has 0 saturated carbocycles. The van der Waals surface area contributed by atoms with E-state index in [1.807, 2.05) is 18.2 Å². The minimum Gasteiger partial charge on any atom is -0.497 e. The van der Waals surface area contributed by atoms with Crippen LogP contribution in [0.1, 0.15) is 35.3 Å². The maximum atomic E-state index is 14.0. The lowest BCUT2D eigenvalue weighted by molar-refractivity contribution is 0.0946. The van der Waals surface area contributed by atoms with Crippen molar-refractivity contribution in [3.8, 4) is 5.75 Å². The quantitative estimate of drug-likeness (QED) is 0.795. The zero-order chi connectivity index (χ0) is 18.2. The molecule has 4 nitrogen and oxygen atoms in total. The maximum Gasteiger partial charge on any atom is 0.254 e. The molecule has 0 bridgehead atoms. The van der Waals surface area contributed by atoms with Gasteiger partial charge in [-0.05, 0) is 36.3 Å². The normalized spacial score (nSPS) is 10.8. The average molecular weight is 344 g/mol. The van der Waals surface area contributed by atoms with Gasteiger partial charge in [0.15, 0.2) is 0 Å². The third kappa shape index (κ3) is 5.03. The molecule has 0 aliphatic heterocycles. The number of nitrogens with one attached hydrogen (secondary N) is 1. The first-order valence-electron chi connectivity index (χ1n) is 8.49. The Morgan fingerprint density at radius 1 is 1.12 bits per heavy atom. The van der Waals surface area contributed by atoms with Crippen molar-refractivity contribution in [2.45, 2.75) is 26.9 Å². The molecule has 25 heavy (non-hydrogen) atoms. The number of hydrogen-bond donors (Lipinski definition) is 1. The summed E-state index contributed by atoms with van der Waals surface area (Å²) < 4.78 is 19.0. The third-order valence-corrected chi connectivity index (χ3v) is 4.27. The van der Waals surface area contributed by atoms with Crippen LogP contribution in [0.4, 0.5) is 4.39 Å². The highest BCUT2D eigenvalue weighted by Gasteiger charge is 2.13. The molecule has 2 rings (SSSR count). The molecule has 2 aromatic rings. The van der Waals surface area contributed by atoms with Gasteiger partial charge < -0.3 is 10.1 Å². The zero-order valence-corrected chi connectivity index (χ0v) is 15.0. The predicted molar refractivity (Wildman–Crippen MR) is 97.2 cm³/mol. The van der Waals surface area contributed by atoms with Gasteiger partial charge >= 0.3 is 0 Å². The van der Waals surface area contributed by atoms with Crippen molar-refractivity contribution in [2.24, 2.45) is 0 Å². The summed E-state index contributed by atoms with van der Waals surface area (Å²) in [6, 6.07) is 12.2. The highest BCUT2D eigenvalue weighted by molar-refractivity contribution is 5.94. The van der Waals surface area contributed by atoms with Gasteiger partial charge in [0.25, 0.3) is 5.91 Å². The van der Waals surface area contributed by atoms with Crippen molar-refractivity contribution in [3.63, 3.8) is 0 Å². The molecule has 0 unspecified atom stereocenters. The number of ether oxygens (including phenoxy) is 1. The molecule has 0 heterocycles. The van der Waals surface area contributed by atoms with E-state index in [2.05, 4.69) is 30.1 Å². The fraction of sp³-hybridized carbons (Fsp3) is 0.350. The van der Waals surface area contributed by atoms with E-state index in [0.717, 1.165) is 25.2 Å². The van der Waals surface area contributed by atoms with Crippen molar-refractivity contribution >= 4 is 5.91 Å². The van der Waals surface area contributed by atoms with Crippen molar-refractivity contribution in [3.05, 3.63) is 65.0 Å². The molecule has 0 aliphatic carbocycles. The van der Waals surface area contributed by atoms with E-state index in [1.54, 1.807) is 6.07 Å². The van der Waals surface area contributed by atoms with Gasteiger partial charge in [0.2, 0.25) is 0 Å². The van der Waals surface area contributed by atoms with Crippen LogP contribution in [0.3, 0.4) is 0 Å². The molecule has 1 N–H and O–H groups in total. The minimum atomic E-state index is -0.590. The van der Waals surface area contributed by atoms with Crippen molar-refractivity contribution in [1.29, 1.82) is 0 Å². The van der Waals surface area contributed by atoms with Gasteiger partial charge in [-0.1, -0.05) is 38.1 Å². The second-order valence-corrected chi connectivity index (χ2v) is 5.76. The van der Waals surface area contributed by atoms with E-state index in [0.29, 0.717) is 12.3 Å². The lowest BCUT2D eigenvalue weighted by atomic mass is 10.1. The van der Waals surface area contributed by atoms with Gasteiger partial charge in [-0.3, -0.25) is 9.69 Å². The summed E-state index contributed by atoms with van der Waals surface area (Å²) in [5.41, 5.74) is 2.22. The molecule has 0 saturated heterocycles. The predicted octanol–water partition coefficient (Wildman–Crippen LogP) is 3.61. The molecule has 2 aromatic carbocycles. The van der Waals surface area contributed by atoms with Crippen molar-refractivity contribution in [1.82, 2.24) is 10.2 Å². The molecule has 0 radical (unpaired) electrons. The summed E-state index contributed by atoms with van der Waals surface area (Å²) in [5.74, 6) is -0.635. The average Bonchev–Trinajstić information content (AvgIpc) is 2.64. The SMILES string of the molecule is CCN(CC)Cc1ccccc1CNC(=O)c1ccc(OC)cc1F. The lowest BCUT2D eigenvalue weighted by Gasteiger charge is -2.20. The topological polar surface area (TPSA) is 41.6 Å². The zero-order valence-electron chi connectivity index (χ0n) is 15.0. The van der Waals surface area contributed by atoms with Gasteiger partial charge in [0, 0.05) is 19.2 Å². The largest absolute Gasteiger partial charge is 0.497 e. The summed E-state index contributed by atoms with van der Waals surface area (Å²) >= 11 is 0. The smallest absolute Gasteiger partial charge is 0.254 e. The summed E-state index contributed by atoms with van der Waals surface area (Å²) in [5, 5.41) is 2.80. The van der Waals surface area contributed by atoms with Gasteiger partial charge in [-0.15, -0.1) is 0 Å². The highest BCUT2D eigenvalue weighted by Crippen LogP contribution is 2.17. The van der Waals surface area contributed by atoms with Gasteiger partial charge in [0.05, 0.1) is 12.7 Å². The Bertz CT molecular complexity index is 715. The Labute approximate surface area is 148 Å². The van der Waals surface area contributed by atoms with E-state index >= 15 is 0 Å². The summed E-state index contributed by atoms with van der Waals surface area (Å²) in [4.78, 5) is 14.6. The fourth-order valence-electron chi connectivity index (χ4n) is 2.65. The molecular weight excluding hydrogens is 319 g/mol. The lowest BCUT2D eigenvalue weighted by Crippen LogP contribution is -2.26. The van der Waals surface area contributed by atoms with Crippen LogP contribution >= 0.6 is 0 Å². The van der Waals surface area contributed by atoms with Crippen LogP contribution in [0.2, 0.25) is 0 Å². The monoisotopic (exact) mass is 344 g/mol. The van der Waals surface area contributed by atoms with Crippen LogP contribution in [0.5, 0.6) is 5.75 Å². The Kier molecular flexibility index (Phi) is 6.95. The van der Waals surface area contributed by atoms with Crippen LogP contribution < -0.4 is 10.1 Å². The first-order chi connectivity index (χ1) is 12.1. The number of carbonyl (C=O) groups is 1. The first kappa shape index (κ1) is 18.9. The second kappa shape index (κ2) is 9.18. The number of rotatable bonds is 8. The van der Waals surface area contributed by atoms with Crippen LogP contribution in [0, 0.1) is 5.82 Å².